The van der Waals surface area contributed by atoms with Gasteiger partial charge in [0.1, 0.15) is 5.52 Å². The Morgan fingerprint density at radius 3 is 2.49 bits per heavy atom. The third-order valence-corrected chi connectivity index (χ3v) is 6.11. The van der Waals surface area contributed by atoms with E-state index in [0.29, 0.717) is 16.9 Å². The highest BCUT2D eigenvalue weighted by Crippen LogP contribution is 2.51. The lowest BCUT2D eigenvalue weighted by Gasteiger charge is -2.32. The summed E-state index contributed by atoms with van der Waals surface area (Å²) in [5.41, 5.74) is 4.24. The molecule has 4 rings (SSSR count). The first-order valence-electron chi connectivity index (χ1n) is 10.3. The number of hydrogen-bond donors (Lipinski definition) is 2. The largest absolute Gasteiger partial charge is 0.493 e. The first-order valence-corrected chi connectivity index (χ1v) is 10.3. The molecule has 0 radical (unpaired) electrons. The second-order valence-corrected chi connectivity index (χ2v) is 7.97. The number of rotatable bonds is 4. The zero-order valence-electron chi connectivity index (χ0n) is 19.2. The van der Waals surface area contributed by atoms with Crippen molar-refractivity contribution in [1.82, 2.24) is 15.0 Å². The number of methoxy groups -OCH3 is 2. The standard InChI is InChI=1S/C14H15F5O2.C8H8N4O2/c1-7-9(6-21-13(7,2)14(17,18)19)8-4-5-10(15)11(16)12(8)20-3;1-14-5-2-4-6(11-3-10-4)7(12-5)8(9)13/h4-5,7,9H,6H2,1-3H3;2-3H,1H3,(H2,9,13)(H,10,11)/t7?,9?,13-;/m1./s1. The quantitative estimate of drug-likeness (QED) is 0.520. The molecule has 8 nitrogen and oxygen atoms in total. The van der Waals surface area contributed by atoms with Crippen molar-refractivity contribution in [3.05, 3.63) is 47.4 Å². The summed E-state index contributed by atoms with van der Waals surface area (Å²) in [7, 11) is 2.61. The summed E-state index contributed by atoms with van der Waals surface area (Å²) in [4.78, 5) is 21.7. The Hall–Kier alpha value is -3.48. The molecule has 1 amide bonds. The minimum absolute atomic E-state index is 0.112. The number of amides is 1. The Balaban J connectivity index is 0.000000211. The van der Waals surface area contributed by atoms with Crippen molar-refractivity contribution in [2.45, 2.75) is 31.5 Å². The van der Waals surface area contributed by atoms with E-state index in [1.54, 1.807) is 6.07 Å². The van der Waals surface area contributed by atoms with Gasteiger partial charge in [-0.1, -0.05) is 13.0 Å². The molecule has 1 saturated heterocycles. The van der Waals surface area contributed by atoms with Gasteiger partial charge in [-0.25, -0.2) is 14.4 Å². The van der Waals surface area contributed by atoms with E-state index in [2.05, 4.69) is 15.0 Å². The van der Waals surface area contributed by atoms with Gasteiger partial charge in [0.05, 0.1) is 32.7 Å². The van der Waals surface area contributed by atoms with E-state index in [0.717, 1.165) is 20.1 Å². The first kappa shape index (κ1) is 26.1. The van der Waals surface area contributed by atoms with Crippen LogP contribution in [0.15, 0.2) is 24.5 Å². The molecule has 190 valence electrons. The van der Waals surface area contributed by atoms with E-state index in [1.807, 2.05) is 0 Å². The van der Waals surface area contributed by atoms with E-state index in [9.17, 15) is 26.7 Å². The first-order chi connectivity index (χ1) is 16.4. The number of imidazole rings is 1. The predicted molar refractivity (Wildman–Crippen MR) is 114 cm³/mol. The highest BCUT2D eigenvalue weighted by Gasteiger charge is 2.61. The average Bonchev–Trinajstić information content (AvgIpc) is 3.40. The van der Waals surface area contributed by atoms with Gasteiger partial charge in [-0.2, -0.15) is 17.6 Å². The summed E-state index contributed by atoms with van der Waals surface area (Å²) in [5.74, 6) is -4.68. The fraction of sp³-hybridized carbons (Fsp3) is 0.409. The number of alkyl halides is 3. The number of carbonyl (C=O) groups is 1. The lowest BCUT2D eigenvalue weighted by atomic mass is 9.79. The van der Waals surface area contributed by atoms with Crippen molar-refractivity contribution in [3.63, 3.8) is 0 Å². The van der Waals surface area contributed by atoms with Crippen LogP contribution < -0.4 is 15.2 Å². The van der Waals surface area contributed by atoms with E-state index in [1.165, 1.54) is 26.4 Å². The lowest BCUT2D eigenvalue weighted by molar-refractivity contribution is -0.266. The molecule has 35 heavy (non-hydrogen) atoms. The van der Waals surface area contributed by atoms with Crippen LogP contribution in [0.25, 0.3) is 11.0 Å². The van der Waals surface area contributed by atoms with Gasteiger partial charge in [0.15, 0.2) is 22.9 Å². The number of nitrogens with one attached hydrogen (secondary N) is 1. The molecule has 1 aliphatic rings. The van der Waals surface area contributed by atoms with Crippen LogP contribution in [0, 0.1) is 17.6 Å². The van der Waals surface area contributed by atoms with Crippen molar-refractivity contribution in [1.29, 1.82) is 0 Å². The van der Waals surface area contributed by atoms with Gasteiger partial charge in [0.2, 0.25) is 11.7 Å². The minimum atomic E-state index is -4.55. The monoisotopic (exact) mass is 502 g/mol. The molecule has 2 aromatic heterocycles. The highest BCUT2D eigenvalue weighted by molar-refractivity contribution is 6.02. The average molecular weight is 502 g/mol. The van der Waals surface area contributed by atoms with E-state index in [-0.39, 0.29) is 23.6 Å². The number of aromatic nitrogens is 3. The van der Waals surface area contributed by atoms with Gasteiger partial charge < -0.3 is 24.9 Å². The molecule has 3 atom stereocenters. The van der Waals surface area contributed by atoms with Crippen LogP contribution >= 0.6 is 0 Å². The summed E-state index contributed by atoms with van der Waals surface area (Å²) in [5, 5.41) is 0. The van der Waals surface area contributed by atoms with Crippen LogP contribution in [-0.2, 0) is 4.74 Å². The van der Waals surface area contributed by atoms with Gasteiger partial charge in [0.25, 0.3) is 5.91 Å². The van der Waals surface area contributed by atoms with Crippen molar-refractivity contribution in [3.8, 4) is 11.6 Å². The zero-order valence-corrected chi connectivity index (χ0v) is 19.2. The van der Waals surface area contributed by atoms with Gasteiger partial charge in [0, 0.05) is 23.5 Å². The summed E-state index contributed by atoms with van der Waals surface area (Å²) >= 11 is 0. The smallest absolute Gasteiger partial charge is 0.417 e. The second kappa shape index (κ2) is 9.64. The van der Waals surface area contributed by atoms with Crippen LogP contribution in [-0.4, -0.2) is 53.5 Å². The van der Waals surface area contributed by atoms with Gasteiger partial charge in [-0.3, -0.25) is 4.79 Å². The van der Waals surface area contributed by atoms with Crippen LogP contribution in [0.1, 0.15) is 35.8 Å². The number of ether oxygens (including phenoxy) is 3. The molecule has 3 aromatic rings. The number of pyridine rings is 1. The number of hydrogen-bond acceptors (Lipinski definition) is 6. The van der Waals surface area contributed by atoms with Crippen LogP contribution in [0.5, 0.6) is 11.6 Å². The molecule has 0 saturated carbocycles. The molecule has 13 heteroatoms. The van der Waals surface area contributed by atoms with Crippen molar-refractivity contribution >= 4 is 16.9 Å². The Morgan fingerprint density at radius 2 is 1.94 bits per heavy atom. The predicted octanol–water partition coefficient (Wildman–Crippen LogP) is 4.11. The maximum Gasteiger partial charge on any atom is 0.417 e. The lowest BCUT2D eigenvalue weighted by Crippen LogP contribution is -2.46. The van der Waals surface area contributed by atoms with Crippen LogP contribution in [0.2, 0.25) is 0 Å². The summed E-state index contributed by atoms with van der Waals surface area (Å²) in [6, 6.07) is 3.77. The van der Waals surface area contributed by atoms with E-state index < -0.39 is 41.2 Å². The Kier molecular flexibility index (Phi) is 7.20. The molecule has 3 heterocycles. The third-order valence-electron chi connectivity index (χ3n) is 6.11. The number of H-pyrrole nitrogens is 1. The Bertz CT molecular complexity index is 1230. The SMILES string of the molecule is COc1c(C2CO[C@@](C)(C(F)(F)F)C2C)ccc(F)c1F.COc1cc2[nH]cnc2c(C(N)=O)n1. The van der Waals surface area contributed by atoms with E-state index >= 15 is 0 Å². The molecule has 0 aliphatic carbocycles. The fourth-order valence-electron chi connectivity index (χ4n) is 3.87. The number of primary amides is 1. The highest BCUT2D eigenvalue weighted by atomic mass is 19.4. The van der Waals surface area contributed by atoms with Crippen molar-refractivity contribution in [2.24, 2.45) is 11.7 Å². The number of halogens is 5. The number of nitrogens with two attached hydrogens (primary N) is 1. The molecule has 1 fully saturated rings. The van der Waals surface area contributed by atoms with Crippen molar-refractivity contribution in [2.75, 3.05) is 20.8 Å². The maximum atomic E-state index is 13.7. The normalized spacial score (nSPS) is 22.0. The number of aromatic amines is 1. The molecule has 0 spiro atoms. The molecule has 1 aliphatic heterocycles. The molecular formula is C22H23F5N4O4. The summed E-state index contributed by atoms with van der Waals surface area (Å²) in [6.07, 6.45) is -3.08. The Labute approximate surface area is 196 Å². The Morgan fingerprint density at radius 1 is 1.26 bits per heavy atom. The fourth-order valence-corrected chi connectivity index (χ4v) is 3.87. The van der Waals surface area contributed by atoms with Gasteiger partial charge >= 0.3 is 6.18 Å². The molecule has 0 bridgehead atoms. The van der Waals surface area contributed by atoms with Crippen molar-refractivity contribution < 1.29 is 41.0 Å². The maximum absolute atomic E-state index is 13.7. The summed E-state index contributed by atoms with van der Waals surface area (Å²) < 4.78 is 81.0. The van der Waals surface area contributed by atoms with E-state index in [4.69, 9.17) is 19.9 Å². The number of nitrogens with zero attached hydrogens (tertiary/aromatic N) is 2. The minimum Gasteiger partial charge on any atom is -0.493 e. The molecule has 3 N–H and O–H groups in total. The van der Waals surface area contributed by atoms with Crippen LogP contribution in [0.4, 0.5) is 22.0 Å². The summed E-state index contributed by atoms with van der Waals surface area (Å²) in [6.45, 7) is 2.11. The third kappa shape index (κ3) is 4.72. The molecular weight excluding hydrogens is 479 g/mol. The topological polar surface area (TPSA) is 112 Å². The molecule has 2 unspecified atom stereocenters. The van der Waals surface area contributed by atoms with Gasteiger partial charge in [-0.05, 0) is 13.0 Å². The zero-order chi connectivity index (χ0) is 26.1. The number of carbonyl (C=O) groups excluding carboxylic acids is 1. The second-order valence-electron chi connectivity index (χ2n) is 7.97. The molecule has 1 aromatic carbocycles. The number of fused-ring (bicyclic) bond motifs is 1. The number of benzene rings is 1. The van der Waals surface area contributed by atoms with Gasteiger partial charge in [-0.15, -0.1) is 0 Å². The van der Waals surface area contributed by atoms with Crippen LogP contribution in [0.3, 0.4) is 0 Å².